The number of ether oxygens (including phenoxy) is 1. The van der Waals surface area contributed by atoms with Gasteiger partial charge in [-0.1, -0.05) is 28.0 Å². The van der Waals surface area contributed by atoms with Crippen molar-refractivity contribution in [3.05, 3.63) is 40.6 Å². The number of hydrogen-bond acceptors (Lipinski definition) is 8. The SMILES string of the molecule is CCC(OC(=O)C(CO)NS(=O)(=O)c1ccc(Br)cc1)C(=O)Nc1cc(C)on1. The third-order valence-corrected chi connectivity index (χ3v) is 5.71. The average Bonchev–Trinajstić information content (AvgIpc) is 3.08. The summed E-state index contributed by atoms with van der Waals surface area (Å²) in [6.45, 7) is 2.39. The summed E-state index contributed by atoms with van der Waals surface area (Å²) in [5, 5.41) is 15.5. The van der Waals surface area contributed by atoms with Gasteiger partial charge in [0.1, 0.15) is 11.8 Å². The quantitative estimate of drug-likeness (QED) is 0.446. The van der Waals surface area contributed by atoms with E-state index in [0.717, 1.165) is 0 Å². The number of benzene rings is 1. The molecule has 3 N–H and O–H groups in total. The van der Waals surface area contributed by atoms with Crippen LogP contribution in [0.3, 0.4) is 0 Å². The van der Waals surface area contributed by atoms with Gasteiger partial charge >= 0.3 is 5.97 Å². The summed E-state index contributed by atoms with van der Waals surface area (Å²) in [5.41, 5.74) is 0. The number of halogens is 1. The van der Waals surface area contributed by atoms with Gasteiger partial charge < -0.3 is 19.7 Å². The molecule has 0 aliphatic rings. The maximum absolute atomic E-state index is 12.4. The lowest BCUT2D eigenvalue weighted by atomic mass is 10.2. The minimum absolute atomic E-state index is 0.0989. The molecule has 12 heteroatoms. The molecule has 0 spiro atoms. The summed E-state index contributed by atoms with van der Waals surface area (Å²) in [6, 6.07) is 5.59. The van der Waals surface area contributed by atoms with Crippen LogP contribution in [0.5, 0.6) is 0 Å². The van der Waals surface area contributed by atoms with Crippen molar-refractivity contribution < 1.29 is 32.4 Å². The van der Waals surface area contributed by atoms with E-state index < -0.39 is 40.7 Å². The molecule has 1 amide bonds. The van der Waals surface area contributed by atoms with Crippen LogP contribution in [-0.2, 0) is 24.3 Å². The molecule has 2 unspecified atom stereocenters. The van der Waals surface area contributed by atoms with Gasteiger partial charge in [-0.25, -0.2) is 8.42 Å². The molecule has 0 radical (unpaired) electrons. The van der Waals surface area contributed by atoms with E-state index in [-0.39, 0.29) is 17.1 Å². The highest BCUT2D eigenvalue weighted by molar-refractivity contribution is 9.10. The Bertz CT molecular complexity index is 960. The average molecular weight is 490 g/mol. The van der Waals surface area contributed by atoms with E-state index in [1.807, 2.05) is 0 Å². The lowest BCUT2D eigenvalue weighted by Crippen LogP contribution is -2.46. The van der Waals surface area contributed by atoms with Crippen LogP contribution in [0.25, 0.3) is 0 Å². The van der Waals surface area contributed by atoms with Crippen molar-refractivity contribution in [2.75, 3.05) is 11.9 Å². The molecule has 0 saturated carbocycles. The minimum Gasteiger partial charge on any atom is -0.451 e. The zero-order chi connectivity index (χ0) is 21.6. The first-order valence-corrected chi connectivity index (χ1v) is 10.8. The molecule has 2 atom stereocenters. The van der Waals surface area contributed by atoms with Crippen molar-refractivity contribution in [1.82, 2.24) is 9.88 Å². The molecular formula is C17H20BrN3O7S. The first-order chi connectivity index (χ1) is 13.7. The number of aryl methyl sites for hydroxylation is 1. The number of aliphatic hydroxyl groups is 1. The molecule has 29 heavy (non-hydrogen) atoms. The number of aromatic nitrogens is 1. The molecule has 0 bridgehead atoms. The van der Waals surface area contributed by atoms with E-state index in [0.29, 0.717) is 10.2 Å². The highest BCUT2D eigenvalue weighted by Crippen LogP contribution is 2.15. The monoisotopic (exact) mass is 489 g/mol. The number of carbonyl (C=O) groups excluding carboxylic acids is 2. The Balaban J connectivity index is 2.05. The van der Waals surface area contributed by atoms with E-state index in [1.54, 1.807) is 13.8 Å². The largest absolute Gasteiger partial charge is 0.451 e. The van der Waals surface area contributed by atoms with E-state index in [1.165, 1.54) is 30.3 Å². The Kier molecular flexibility index (Phi) is 7.90. The van der Waals surface area contributed by atoms with Gasteiger partial charge in [0.25, 0.3) is 5.91 Å². The second-order valence-corrected chi connectivity index (χ2v) is 8.59. The first-order valence-electron chi connectivity index (χ1n) is 8.49. The highest BCUT2D eigenvalue weighted by Gasteiger charge is 2.30. The summed E-state index contributed by atoms with van der Waals surface area (Å²) in [4.78, 5) is 24.5. The van der Waals surface area contributed by atoms with E-state index >= 15 is 0 Å². The summed E-state index contributed by atoms with van der Waals surface area (Å²) in [6.07, 6.45) is -1.10. The molecule has 0 fully saturated rings. The van der Waals surface area contributed by atoms with Gasteiger partial charge in [-0.15, -0.1) is 0 Å². The fourth-order valence-electron chi connectivity index (χ4n) is 2.21. The predicted molar refractivity (Wildman–Crippen MR) is 105 cm³/mol. The molecule has 0 aliphatic heterocycles. The highest BCUT2D eigenvalue weighted by atomic mass is 79.9. The van der Waals surface area contributed by atoms with Crippen LogP contribution >= 0.6 is 15.9 Å². The topological polar surface area (TPSA) is 148 Å². The number of nitrogens with zero attached hydrogens (tertiary/aromatic N) is 1. The smallest absolute Gasteiger partial charge is 0.327 e. The Morgan fingerprint density at radius 3 is 2.48 bits per heavy atom. The third kappa shape index (κ3) is 6.35. The van der Waals surface area contributed by atoms with E-state index in [4.69, 9.17) is 9.26 Å². The van der Waals surface area contributed by atoms with Crippen molar-refractivity contribution in [3.8, 4) is 0 Å². The molecule has 1 aromatic carbocycles. The number of sulfonamides is 1. The lowest BCUT2D eigenvalue weighted by Gasteiger charge is -2.20. The number of hydrogen-bond donors (Lipinski definition) is 3. The minimum atomic E-state index is -4.10. The van der Waals surface area contributed by atoms with Crippen LogP contribution in [0.2, 0.25) is 0 Å². The van der Waals surface area contributed by atoms with Crippen LogP contribution < -0.4 is 10.0 Å². The van der Waals surface area contributed by atoms with E-state index in [9.17, 15) is 23.1 Å². The number of esters is 1. The molecule has 0 saturated heterocycles. The number of rotatable bonds is 9. The van der Waals surface area contributed by atoms with Gasteiger partial charge in [0.05, 0.1) is 11.5 Å². The Hall–Kier alpha value is -2.28. The second-order valence-electron chi connectivity index (χ2n) is 5.96. The maximum atomic E-state index is 12.4. The van der Waals surface area contributed by atoms with Crippen molar-refractivity contribution in [2.45, 2.75) is 37.3 Å². The molecule has 158 valence electrons. The Labute approximate surface area is 175 Å². The zero-order valence-corrected chi connectivity index (χ0v) is 18.0. The lowest BCUT2D eigenvalue weighted by molar-refractivity contribution is -0.156. The number of anilines is 1. The van der Waals surface area contributed by atoms with Gasteiger partial charge in [-0.05, 0) is 37.6 Å². The number of nitrogens with one attached hydrogen (secondary N) is 2. The molecule has 1 heterocycles. The summed E-state index contributed by atoms with van der Waals surface area (Å²) >= 11 is 3.20. The fourth-order valence-corrected chi connectivity index (χ4v) is 3.65. The van der Waals surface area contributed by atoms with Gasteiger partial charge in [0.15, 0.2) is 11.9 Å². The third-order valence-electron chi connectivity index (χ3n) is 3.69. The summed E-state index contributed by atoms with van der Waals surface area (Å²) in [5.74, 6) is -1.13. The van der Waals surface area contributed by atoms with Crippen LogP contribution in [0.4, 0.5) is 5.82 Å². The fraction of sp³-hybridized carbons (Fsp3) is 0.353. The molecule has 2 rings (SSSR count). The molecule has 1 aromatic heterocycles. The Morgan fingerprint density at radius 1 is 1.31 bits per heavy atom. The normalized spacial score (nSPS) is 13.5. The van der Waals surface area contributed by atoms with Crippen LogP contribution in [0.1, 0.15) is 19.1 Å². The molecule has 2 aromatic rings. The summed E-state index contributed by atoms with van der Waals surface area (Å²) < 4.78 is 37.5. The second kappa shape index (κ2) is 9.96. The van der Waals surface area contributed by atoms with Crippen molar-refractivity contribution in [2.24, 2.45) is 0 Å². The van der Waals surface area contributed by atoms with Gasteiger partial charge in [-0.3, -0.25) is 9.59 Å². The van der Waals surface area contributed by atoms with Crippen LogP contribution in [0, 0.1) is 6.92 Å². The number of aliphatic hydroxyl groups excluding tert-OH is 1. The molecule has 10 nitrogen and oxygen atoms in total. The number of amides is 1. The van der Waals surface area contributed by atoms with Crippen molar-refractivity contribution in [1.29, 1.82) is 0 Å². The maximum Gasteiger partial charge on any atom is 0.327 e. The van der Waals surface area contributed by atoms with Crippen molar-refractivity contribution in [3.63, 3.8) is 0 Å². The van der Waals surface area contributed by atoms with Gasteiger partial charge in [0, 0.05) is 10.5 Å². The van der Waals surface area contributed by atoms with Gasteiger partial charge in [-0.2, -0.15) is 4.72 Å². The van der Waals surface area contributed by atoms with E-state index in [2.05, 4.69) is 31.1 Å². The molecular weight excluding hydrogens is 470 g/mol. The summed E-state index contributed by atoms with van der Waals surface area (Å²) in [7, 11) is -4.10. The van der Waals surface area contributed by atoms with Crippen LogP contribution in [-0.4, -0.2) is 49.3 Å². The first kappa shape index (κ1) is 23.0. The number of carbonyl (C=O) groups is 2. The zero-order valence-electron chi connectivity index (χ0n) is 15.6. The van der Waals surface area contributed by atoms with Crippen molar-refractivity contribution >= 4 is 43.6 Å². The van der Waals surface area contributed by atoms with Gasteiger partial charge in [0.2, 0.25) is 10.0 Å². The standard InChI is InChI=1S/C17H20BrN3O7S/c1-3-14(16(23)19-15-8-10(2)28-20-15)27-17(24)13(9-22)21-29(25,26)12-6-4-11(18)5-7-12/h4-8,13-14,21-22H,3,9H2,1-2H3,(H,19,20,23). The molecule has 0 aliphatic carbocycles. The predicted octanol–water partition coefficient (Wildman–Crippen LogP) is 1.35. The van der Waals surface area contributed by atoms with Crippen LogP contribution in [0.15, 0.2) is 44.2 Å². The Morgan fingerprint density at radius 2 is 1.97 bits per heavy atom.